The Balaban J connectivity index is 1.50. The maximum atomic E-state index is 10.0. The summed E-state index contributed by atoms with van der Waals surface area (Å²) in [5.74, 6) is 2.07. The van der Waals surface area contributed by atoms with E-state index in [2.05, 4.69) is 52.0 Å². The molecule has 0 saturated heterocycles. The smallest absolute Gasteiger partial charge is 0.133 e. The third kappa shape index (κ3) is 3.10. The molecule has 1 N–H and O–H groups in total. The highest BCUT2D eigenvalue weighted by Crippen LogP contribution is 2.51. The van der Waals surface area contributed by atoms with Crippen molar-refractivity contribution < 1.29 is 0 Å². The molecule has 0 radical (unpaired) electrons. The van der Waals surface area contributed by atoms with Crippen LogP contribution in [0.4, 0.5) is 0 Å². The van der Waals surface area contributed by atoms with Gasteiger partial charge in [0.05, 0.1) is 6.07 Å². The number of rotatable bonds is 7. The molecular weight excluding hydrogens is 320 g/mol. The van der Waals surface area contributed by atoms with Crippen LogP contribution in [-0.4, -0.2) is 6.04 Å². The topological polar surface area (TPSA) is 35.8 Å². The van der Waals surface area contributed by atoms with Gasteiger partial charge in [0.2, 0.25) is 0 Å². The highest BCUT2D eigenvalue weighted by atomic mass is 32.1. The van der Waals surface area contributed by atoms with E-state index in [9.17, 15) is 5.26 Å². The molecule has 0 aliphatic heterocycles. The second-order valence-corrected chi connectivity index (χ2v) is 8.73. The van der Waals surface area contributed by atoms with Crippen molar-refractivity contribution in [2.75, 3.05) is 0 Å². The predicted molar refractivity (Wildman–Crippen MR) is 96.7 cm³/mol. The SMILES string of the molecule is CC(NC(C#N)(CC1CC1)c1ccsc1)C1CC1c1ccsc1. The summed E-state index contributed by atoms with van der Waals surface area (Å²) < 4.78 is 0. The lowest BCUT2D eigenvalue weighted by atomic mass is 9.86. The zero-order chi connectivity index (χ0) is 15.9. The first-order valence-corrected chi connectivity index (χ1v) is 10.3. The van der Waals surface area contributed by atoms with Crippen LogP contribution < -0.4 is 5.32 Å². The summed E-state index contributed by atoms with van der Waals surface area (Å²) in [5.41, 5.74) is 2.15. The van der Waals surface area contributed by atoms with Crippen LogP contribution in [0.2, 0.25) is 0 Å². The van der Waals surface area contributed by atoms with E-state index in [4.69, 9.17) is 0 Å². The van der Waals surface area contributed by atoms with Gasteiger partial charge in [-0.3, -0.25) is 5.32 Å². The molecule has 2 aliphatic carbocycles. The van der Waals surface area contributed by atoms with Gasteiger partial charge in [-0.05, 0) is 82.3 Å². The van der Waals surface area contributed by atoms with Crippen molar-refractivity contribution in [3.8, 4) is 6.07 Å². The third-order valence-corrected chi connectivity index (χ3v) is 6.81. The summed E-state index contributed by atoms with van der Waals surface area (Å²) in [6.45, 7) is 2.27. The molecule has 4 rings (SSSR count). The second kappa shape index (κ2) is 6.05. The minimum atomic E-state index is -0.498. The van der Waals surface area contributed by atoms with Crippen molar-refractivity contribution in [2.45, 2.75) is 50.1 Å². The van der Waals surface area contributed by atoms with Crippen molar-refractivity contribution in [2.24, 2.45) is 11.8 Å². The molecule has 23 heavy (non-hydrogen) atoms. The van der Waals surface area contributed by atoms with Crippen LogP contribution in [0.25, 0.3) is 0 Å². The molecule has 4 atom stereocenters. The minimum absolute atomic E-state index is 0.373. The zero-order valence-electron chi connectivity index (χ0n) is 13.4. The maximum Gasteiger partial charge on any atom is 0.133 e. The molecule has 0 spiro atoms. The average Bonchev–Trinajstić information content (AvgIpc) is 3.41. The molecule has 2 heterocycles. The third-order valence-electron chi connectivity index (χ3n) is 5.42. The predicted octanol–water partition coefficient (Wildman–Crippen LogP) is 5.11. The average molecular weight is 343 g/mol. The Hall–Kier alpha value is -1.15. The van der Waals surface area contributed by atoms with Gasteiger partial charge >= 0.3 is 0 Å². The fourth-order valence-electron chi connectivity index (χ4n) is 3.80. The lowest BCUT2D eigenvalue weighted by Gasteiger charge is -2.31. The Morgan fingerprint density at radius 3 is 2.70 bits per heavy atom. The van der Waals surface area contributed by atoms with E-state index in [0.29, 0.717) is 17.9 Å². The van der Waals surface area contributed by atoms with E-state index >= 15 is 0 Å². The monoisotopic (exact) mass is 342 g/mol. The van der Waals surface area contributed by atoms with Crippen LogP contribution in [0.5, 0.6) is 0 Å². The molecule has 2 aromatic rings. The molecule has 0 bridgehead atoms. The lowest BCUT2D eigenvalue weighted by molar-refractivity contribution is 0.317. The van der Waals surface area contributed by atoms with Crippen LogP contribution in [0.15, 0.2) is 33.7 Å². The molecule has 2 fully saturated rings. The van der Waals surface area contributed by atoms with Gasteiger partial charge in [0, 0.05) is 6.04 Å². The quantitative estimate of drug-likeness (QED) is 0.759. The van der Waals surface area contributed by atoms with E-state index in [1.807, 2.05) is 0 Å². The summed E-state index contributed by atoms with van der Waals surface area (Å²) in [7, 11) is 0. The van der Waals surface area contributed by atoms with Crippen molar-refractivity contribution in [1.29, 1.82) is 5.26 Å². The molecule has 0 amide bonds. The first-order chi connectivity index (χ1) is 11.2. The van der Waals surface area contributed by atoms with Gasteiger partial charge in [-0.2, -0.15) is 27.9 Å². The van der Waals surface area contributed by atoms with E-state index in [0.717, 1.165) is 17.9 Å². The molecule has 0 aromatic carbocycles. The molecule has 4 heteroatoms. The summed E-state index contributed by atoms with van der Waals surface area (Å²) >= 11 is 3.47. The maximum absolute atomic E-state index is 10.0. The fraction of sp³-hybridized carbons (Fsp3) is 0.526. The normalized spacial score (nSPS) is 27.1. The van der Waals surface area contributed by atoms with Gasteiger partial charge in [0.25, 0.3) is 0 Å². The van der Waals surface area contributed by atoms with Crippen LogP contribution in [0, 0.1) is 23.2 Å². The highest BCUT2D eigenvalue weighted by molar-refractivity contribution is 7.08. The number of nitriles is 1. The molecular formula is C19H22N2S2. The first kappa shape index (κ1) is 15.4. The summed E-state index contributed by atoms with van der Waals surface area (Å²) in [4.78, 5) is 0. The Morgan fingerprint density at radius 1 is 1.30 bits per heavy atom. The van der Waals surface area contributed by atoms with Gasteiger partial charge in [0.15, 0.2) is 0 Å². The number of hydrogen-bond acceptors (Lipinski definition) is 4. The molecule has 2 nitrogen and oxygen atoms in total. The van der Waals surface area contributed by atoms with Crippen LogP contribution in [-0.2, 0) is 5.54 Å². The first-order valence-electron chi connectivity index (χ1n) is 8.45. The molecule has 2 aliphatic rings. The van der Waals surface area contributed by atoms with Crippen molar-refractivity contribution in [1.82, 2.24) is 5.32 Å². The Kier molecular flexibility index (Phi) is 4.05. The molecule has 2 aromatic heterocycles. The fourth-order valence-corrected chi connectivity index (χ4v) is 5.25. The summed E-state index contributed by atoms with van der Waals surface area (Å²) in [6.07, 6.45) is 4.77. The van der Waals surface area contributed by atoms with E-state index < -0.39 is 5.54 Å². The van der Waals surface area contributed by atoms with Gasteiger partial charge in [0.1, 0.15) is 5.54 Å². The van der Waals surface area contributed by atoms with E-state index in [1.165, 1.54) is 24.8 Å². The minimum Gasteiger partial charge on any atom is -0.293 e. The Labute approximate surface area is 146 Å². The highest BCUT2D eigenvalue weighted by Gasteiger charge is 2.46. The number of thiophene rings is 2. The van der Waals surface area contributed by atoms with Gasteiger partial charge < -0.3 is 0 Å². The lowest BCUT2D eigenvalue weighted by Crippen LogP contribution is -2.47. The summed E-state index contributed by atoms with van der Waals surface area (Å²) in [5, 5.41) is 22.5. The van der Waals surface area contributed by atoms with Gasteiger partial charge in [-0.15, -0.1) is 0 Å². The van der Waals surface area contributed by atoms with Crippen molar-refractivity contribution in [3.05, 3.63) is 44.8 Å². The van der Waals surface area contributed by atoms with Crippen molar-refractivity contribution >= 4 is 22.7 Å². The Morgan fingerprint density at radius 2 is 2.09 bits per heavy atom. The van der Waals surface area contributed by atoms with Crippen LogP contribution >= 0.6 is 22.7 Å². The summed E-state index contributed by atoms with van der Waals surface area (Å²) in [6, 6.07) is 7.40. The van der Waals surface area contributed by atoms with Crippen LogP contribution in [0.3, 0.4) is 0 Å². The number of nitrogens with zero attached hydrogens (tertiary/aromatic N) is 1. The van der Waals surface area contributed by atoms with Gasteiger partial charge in [-0.25, -0.2) is 0 Å². The van der Waals surface area contributed by atoms with Gasteiger partial charge in [-0.1, -0.05) is 12.8 Å². The second-order valence-electron chi connectivity index (χ2n) is 7.17. The number of nitrogens with one attached hydrogen (secondary N) is 1. The zero-order valence-corrected chi connectivity index (χ0v) is 15.0. The van der Waals surface area contributed by atoms with E-state index in [1.54, 1.807) is 22.7 Å². The molecule has 2 saturated carbocycles. The molecule has 4 unspecified atom stereocenters. The molecule has 120 valence electrons. The van der Waals surface area contributed by atoms with E-state index in [-0.39, 0.29) is 0 Å². The number of hydrogen-bond donors (Lipinski definition) is 1. The Bertz CT molecular complexity index is 682. The van der Waals surface area contributed by atoms with Crippen LogP contribution in [0.1, 0.15) is 49.7 Å². The largest absolute Gasteiger partial charge is 0.293 e. The van der Waals surface area contributed by atoms with Crippen molar-refractivity contribution in [3.63, 3.8) is 0 Å². The standard InChI is InChI=1S/C19H22N2S2/c1-13(17-8-18(17)15-4-6-22-10-15)21-19(12-20,9-14-2-3-14)16-5-7-23-11-16/h4-7,10-11,13-14,17-18,21H,2-3,8-9H2,1H3.